The molecule has 0 aromatic heterocycles. The smallest absolute Gasteiger partial charge is 0.305 e. The molecule has 2 saturated heterocycles. The number of hydrogen-bond acceptors (Lipinski definition) is 6. The van der Waals surface area contributed by atoms with Crippen LogP contribution in [0.3, 0.4) is 0 Å². The molecule has 1 aromatic rings. The van der Waals surface area contributed by atoms with E-state index in [0.717, 1.165) is 30.6 Å². The first-order chi connectivity index (χ1) is 13.9. The third kappa shape index (κ3) is 3.21. The summed E-state index contributed by atoms with van der Waals surface area (Å²) < 4.78 is 29.7. The topological polar surface area (TPSA) is 63.2 Å². The van der Waals surface area contributed by atoms with Crippen molar-refractivity contribution in [2.75, 3.05) is 20.8 Å². The van der Waals surface area contributed by atoms with Gasteiger partial charge >= 0.3 is 5.97 Å². The Morgan fingerprint density at radius 3 is 2.59 bits per heavy atom. The Morgan fingerprint density at radius 2 is 1.90 bits per heavy atom. The molecule has 6 nitrogen and oxygen atoms in total. The molecule has 0 amide bonds. The van der Waals surface area contributed by atoms with Gasteiger partial charge in [-0.2, -0.15) is 0 Å². The number of carbonyl (C=O) groups excluding carboxylic acids is 1. The van der Waals surface area contributed by atoms with Crippen LogP contribution in [0, 0.1) is 23.7 Å². The Balaban J connectivity index is 1.76. The Labute approximate surface area is 172 Å². The molecular weight excluding hydrogens is 372 g/mol. The molecule has 2 aliphatic heterocycles. The summed E-state index contributed by atoms with van der Waals surface area (Å²) in [7, 11) is 3.28. The lowest BCUT2D eigenvalue weighted by molar-refractivity contribution is -0.329. The van der Waals surface area contributed by atoms with Crippen LogP contribution < -0.4 is 9.47 Å². The first-order valence-electron chi connectivity index (χ1n) is 10.6. The average molecular weight is 405 g/mol. The van der Waals surface area contributed by atoms with E-state index in [4.69, 9.17) is 23.7 Å². The molecule has 6 heteroatoms. The number of rotatable bonds is 4. The monoisotopic (exact) mass is 404 g/mol. The van der Waals surface area contributed by atoms with Gasteiger partial charge in [-0.15, -0.1) is 0 Å². The van der Waals surface area contributed by atoms with E-state index in [9.17, 15) is 4.79 Å². The van der Waals surface area contributed by atoms with E-state index in [1.165, 1.54) is 6.92 Å². The molecule has 29 heavy (non-hydrogen) atoms. The minimum atomic E-state index is -0.715. The molecule has 3 aliphatic rings. The number of ether oxygens (including phenoxy) is 5. The second-order valence-corrected chi connectivity index (χ2v) is 8.72. The quantitative estimate of drug-likeness (QED) is 0.704. The van der Waals surface area contributed by atoms with E-state index in [0.29, 0.717) is 24.2 Å². The lowest BCUT2D eigenvalue weighted by atomic mass is 9.58. The zero-order chi connectivity index (χ0) is 20.8. The van der Waals surface area contributed by atoms with Crippen LogP contribution in [0.15, 0.2) is 18.2 Å². The molecule has 160 valence electrons. The molecule has 2 heterocycles. The van der Waals surface area contributed by atoms with Gasteiger partial charge in [0.15, 0.2) is 0 Å². The molecule has 0 N–H and O–H groups in total. The summed E-state index contributed by atoms with van der Waals surface area (Å²) in [5.41, 5.74) is 0.389. The molecule has 1 saturated carbocycles. The van der Waals surface area contributed by atoms with E-state index in [1.807, 2.05) is 18.2 Å². The Kier molecular flexibility index (Phi) is 5.51. The number of carbonyl (C=O) groups is 1. The Bertz CT molecular complexity index is 764. The average Bonchev–Trinajstić information content (AvgIpc) is 3.16. The molecule has 1 aliphatic carbocycles. The van der Waals surface area contributed by atoms with Crippen LogP contribution in [-0.2, 0) is 19.0 Å². The third-order valence-electron chi connectivity index (χ3n) is 7.33. The molecule has 0 radical (unpaired) electrons. The van der Waals surface area contributed by atoms with Gasteiger partial charge in [-0.3, -0.25) is 4.79 Å². The van der Waals surface area contributed by atoms with Crippen molar-refractivity contribution in [3.8, 4) is 11.5 Å². The van der Waals surface area contributed by atoms with Crippen molar-refractivity contribution < 1.29 is 28.5 Å². The van der Waals surface area contributed by atoms with Crippen molar-refractivity contribution in [3.05, 3.63) is 23.8 Å². The highest BCUT2D eigenvalue weighted by molar-refractivity contribution is 5.66. The summed E-state index contributed by atoms with van der Waals surface area (Å²) in [6, 6.07) is 5.77. The SMILES string of the molecule is COc1ccc([C@@H]2O[C@H](OC(C)=O)[C@@]34OCC[C@H]3[C@H](C)CC[C@H]4[C@H]2C)c(OC)c1. The van der Waals surface area contributed by atoms with Crippen molar-refractivity contribution in [3.63, 3.8) is 0 Å². The summed E-state index contributed by atoms with van der Waals surface area (Å²) in [6.45, 7) is 6.63. The van der Waals surface area contributed by atoms with Crippen LogP contribution in [0.4, 0.5) is 0 Å². The Morgan fingerprint density at radius 1 is 1.10 bits per heavy atom. The maximum atomic E-state index is 12.0. The predicted molar refractivity (Wildman–Crippen MR) is 107 cm³/mol. The fraction of sp³-hybridized carbons (Fsp3) is 0.696. The molecule has 4 rings (SSSR count). The van der Waals surface area contributed by atoms with Crippen LogP contribution in [-0.4, -0.2) is 38.7 Å². The van der Waals surface area contributed by atoms with Gasteiger partial charge < -0.3 is 23.7 Å². The molecule has 1 aromatic carbocycles. The molecule has 0 bridgehead atoms. The van der Waals surface area contributed by atoms with E-state index >= 15 is 0 Å². The van der Waals surface area contributed by atoms with Gasteiger partial charge in [0.1, 0.15) is 17.1 Å². The van der Waals surface area contributed by atoms with Gasteiger partial charge in [0, 0.05) is 25.2 Å². The summed E-state index contributed by atoms with van der Waals surface area (Å²) in [5, 5.41) is 0. The number of esters is 1. The second kappa shape index (κ2) is 7.80. The standard InChI is InChI=1S/C23H32O6/c1-13-6-9-19-14(2)21(17-8-7-16(25-4)12-20(17)26-5)29-22(28-15(3)24)23(19)18(13)10-11-27-23/h7-8,12-14,18-19,21-22H,6,9-11H2,1-5H3/t13-,14-,18+,19+,21-,22+,23-/m1/s1. The van der Waals surface area contributed by atoms with Crippen LogP contribution in [0.2, 0.25) is 0 Å². The zero-order valence-corrected chi connectivity index (χ0v) is 18.0. The maximum Gasteiger partial charge on any atom is 0.305 e. The number of methoxy groups -OCH3 is 2. The largest absolute Gasteiger partial charge is 0.497 e. The van der Waals surface area contributed by atoms with Gasteiger partial charge in [0.2, 0.25) is 6.29 Å². The highest BCUT2D eigenvalue weighted by Crippen LogP contribution is 2.60. The van der Waals surface area contributed by atoms with Gasteiger partial charge in [-0.25, -0.2) is 0 Å². The fourth-order valence-corrected chi connectivity index (χ4v) is 6.02. The molecule has 1 spiro atoms. The van der Waals surface area contributed by atoms with Crippen molar-refractivity contribution in [1.29, 1.82) is 0 Å². The molecule has 3 fully saturated rings. The number of hydrogen-bond donors (Lipinski definition) is 0. The zero-order valence-electron chi connectivity index (χ0n) is 18.0. The summed E-state index contributed by atoms with van der Waals surface area (Å²) >= 11 is 0. The van der Waals surface area contributed by atoms with Crippen molar-refractivity contribution >= 4 is 5.97 Å². The van der Waals surface area contributed by atoms with Crippen molar-refractivity contribution in [2.45, 2.75) is 58.0 Å². The van der Waals surface area contributed by atoms with Crippen molar-refractivity contribution in [2.24, 2.45) is 23.7 Å². The molecule has 7 atom stereocenters. The lowest BCUT2D eigenvalue weighted by Crippen LogP contribution is -2.64. The summed E-state index contributed by atoms with van der Waals surface area (Å²) in [6.07, 6.45) is 2.21. The van der Waals surface area contributed by atoms with Gasteiger partial charge in [0.05, 0.1) is 20.3 Å². The van der Waals surface area contributed by atoms with Gasteiger partial charge in [0.25, 0.3) is 0 Å². The van der Waals surface area contributed by atoms with Crippen LogP contribution in [0.25, 0.3) is 0 Å². The normalized spacial score (nSPS) is 38.7. The minimum Gasteiger partial charge on any atom is -0.497 e. The summed E-state index contributed by atoms with van der Waals surface area (Å²) in [4.78, 5) is 12.0. The predicted octanol–water partition coefficient (Wildman–Crippen LogP) is 4.12. The maximum absolute atomic E-state index is 12.0. The van der Waals surface area contributed by atoms with E-state index < -0.39 is 11.9 Å². The first kappa shape index (κ1) is 20.5. The fourth-order valence-electron chi connectivity index (χ4n) is 6.02. The van der Waals surface area contributed by atoms with Crippen molar-refractivity contribution in [1.82, 2.24) is 0 Å². The lowest BCUT2D eigenvalue weighted by Gasteiger charge is -2.57. The highest BCUT2D eigenvalue weighted by atomic mass is 16.7. The van der Waals surface area contributed by atoms with Gasteiger partial charge in [-0.1, -0.05) is 13.8 Å². The third-order valence-corrected chi connectivity index (χ3v) is 7.33. The van der Waals surface area contributed by atoms with E-state index in [2.05, 4.69) is 13.8 Å². The molecular formula is C23H32O6. The Hall–Kier alpha value is -1.79. The van der Waals surface area contributed by atoms with E-state index in [-0.39, 0.29) is 23.9 Å². The van der Waals surface area contributed by atoms with Crippen LogP contribution >= 0.6 is 0 Å². The number of benzene rings is 1. The molecule has 0 unspecified atom stereocenters. The van der Waals surface area contributed by atoms with Gasteiger partial charge in [-0.05, 0) is 55.1 Å². The highest BCUT2D eigenvalue weighted by Gasteiger charge is 2.65. The van der Waals surface area contributed by atoms with Crippen LogP contribution in [0.1, 0.15) is 51.7 Å². The van der Waals surface area contributed by atoms with Crippen LogP contribution in [0.5, 0.6) is 11.5 Å². The minimum absolute atomic E-state index is 0.192. The van der Waals surface area contributed by atoms with E-state index in [1.54, 1.807) is 14.2 Å². The summed E-state index contributed by atoms with van der Waals surface area (Å²) in [5.74, 6) is 2.41. The second-order valence-electron chi connectivity index (χ2n) is 8.72. The first-order valence-corrected chi connectivity index (χ1v) is 10.6.